The summed E-state index contributed by atoms with van der Waals surface area (Å²) in [7, 11) is 1.41. The number of allylic oxidation sites excluding steroid dienone is 1. The summed E-state index contributed by atoms with van der Waals surface area (Å²) in [5.41, 5.74) is -1.14. The van der Waals surface area contributed by atoms with Gasteiger partial charge in [-0.05, 0) is 48.7 Å². The average Bonchev–Trinajstić information content (AvgIpc) is 2.76. The van der Waals surface area contributed by atoms with Crippen LogP contribution in [0.15, 0.2) is 54.6 Å². The van der Waals surface area contributed by atoms with E-state index in [9.17, 15) is 22.0 Å². The van der Waals surface area contributed by atoms with Gasteiger partial charge in [0.05, 0.1) is 18.1 Å². The van der Waals surface area contributed by atoms with Gasteiger partial charge in [0.1, 0.15) is 12.4 Å². The van der Waals surface area contributed by atoms with Crippen molar-refractivity contribution in [2.24, 2.45) is 0 Å². The molecule has 156 valence electrons. The molecule has 0 aliphatic heterocycles. The SMILES string of the molecule is CC=CCOc1ccc2cc(C(F)=C(F)c3ccc(OC)cc3)c(F)c(F)c2c1F. The number of hydrogen-bond acceptors (Lipinski definition) is 2. The highest BCUT2D eigenvalue weighted by atomic mass is 19.2. The molecule has 0 aliphatic carbocycles. The van der Waals surface area contributed by atoms with Gasteiger partial charge in [-0.15, -0.1) is 0 Å². The van der Waals surface area contributed by atoms with Crippen LogP contribution in [0.1, 0.15) is 18.1 Å². The molecule has 0 bridgehead atoms. The second-order valence-corrected chi connectivity index (χ2v) is 6.26. The number of ether oxygens (including phenoxy) is 2. The molecule has 0 spiro atoms. The van der Waals surface area contributed by atoms with E-state index in [-0.39, 0.29) is 23.3 Å². The molecule has 0 radical (unpaired) electrons. The second-order valence-electron chi connectivity index (χ2n) is 6.26. The van der Waals surface area contributed by atoms with Crippen molar-refractivity contribution in [1.29, 1.82) is 0 Å². The van der Waals surface area contributed by atoms with Gasteiger partial charge in [-0.2, -0.15) is 0 Å². The Kier molecular flexibility index (Phi) is 6.40. The molecule has 7 heteroatoms. The van der Waals surface area contributed by atoms with E-state index in [1.54, 1.807) is 19.1 Å². The molecular weight excluding hydrogens is 403 g/mol. The fraction of sp³-hybridized carbons (Fsp3) is 0.130. The van der Waals surface area contributed by atoms with Crippen LogP contribution < -0.4 is 9.47 Å². The molecule has 30 heavy (non-hydrogen) atoms. The van der Waals surface area contributed by atoms with Crippen LogP contribution in [0, 0.1) is 17.5 Å². The predicted octanol–water partition coefficient (Wildman–Crippen LogP) is 6.99. The quantitative estimate of drug-likeness (QED) is 0.243. The van der Waals surface area contributed by atoms with E-state index in [4.69, 9.17) is 9.47 Å². The van der Waals surface area contributed by atoms with Crippen LogP contribution in [-0.4, -0.2) is 13.7 Å². The molecule has 0 N–H and O–H groups in total. The number of benzene rings is 3. The first-order valence-corrected chi connectivity index (χ1v) is 8.93. The third-order valence-corrected chi connectivity index (χ3v) is 4.43. The average molecular weight is 420 g/mol. The monoisotopic (exact) mass is 420 g/mol. The molecule has 3 rings (SSSR count). The van der Waals surface area contributed by atoms with Crippen LogP contribution in [0.4, 0.5) is 22.0 Å². The Balaban J connectivity index is 2.10. The van der Waals surface area contributed by atoms with Gasteiger partial charge in [0, 0.05) is 5.56 Å². The number of methoxy groups -OCH3 is 1. The summed E-state index contributed by atoms with van der Waals surface area (Å²) < 4.78 is 83.1. The van der Waals surface area contributed by atoms with Crippen LogP contribution >= 0.6 is 0 Å². The van der Waals surface area contributed by atoms with Gasteiger partial charge in [-0.1, -0.05) is 18.2 Å². The van der Waals surface area contributed by atoms with Gasteiger partial charge in [0.15, 0.2) is 34.9 Å². The van der Waals surface area contributed by atoms with E-state index in [0.717, 1.165) is 6.07 Å². The Morgan fingerprint density at radius 3 is 2.23 bits per heavy atom. The van der Waals surface area contributed by atoms with Crippen LogP contribution in [0.3, 0.4) is 0 Å². The highest BCUT2D eigenvalue weighted by Gasteiger charge is 2.23. The molecule has 0 fully saturated rings. The maximum absolute atomic E-state index is 14.7. The highest BCUT2D eigenvalue weighted by Crippen LogP contribution is 2.37. The maximum atomic E-state index is 14.7. The van der Waals surface area contributed by atoms with E-state index < -0.39 is 40.1 Å². The van der Waals surface area contributed by atoms with Crippen molar-refractivity contribution in [1.82, 2.24) is 0 Å². The van der Waals surface area contributed by atoms with E-state index >= 15 is 0 Å². The first-order chi connectivity index (χ1) is 14.4. The van der Waals surface area contributed by atoms with Crippen molar-refractivity contribution in [2.45, 2.75) is 6.92 Å². The van der Waals surface area contributed by atoms with Crippen molar-refractivity contribution >= 4 is 22.4 Å². The number of rotatable bonds is 6. The molecule has 3 aromatic rings. The van der Waals surface area contributed by atoms with Gasteiger partial charge in [0.25, 0.3) is 0 Å². The normalized spacial score (nSPS) is 12.4. The molecular formula is C23H17F5O2. The zero-order valence-corrected chi connectivity index (χ0v) is 16.1. The lowest BCUT2D eigenvalue weighted by Crippen LogP contribution is -2.00. The van der Waals surface area contributed by atoms with Crippen molar-refractivity contribution in [3.8, 4) is 11.5 Å². The largest absolute Gasteiger partial charge is 0.497 e. The summed E-state index contributed by atoms with van der Waals surface area (Å²) in [5.74, 6) is -7.32. The zero-order valence-electron chi connectivity index (χ0n) is 16.1. The minimum absolute atomic E-state index is 0.0333. The van der Waals surface area contributed by atoms with Crippen molar-refractivity contribution in [3.63, 3.8) is 0 Å². The van der Waals surface area contributed by atoms with Gasteiger partial charge < -0.3 is 9.47 Å². The smallest absolute Gasteiger partial charge is 0.175 e. The second kappa shape index (κ2) is 8.98. The fourth-order valence-electron chi connectivity index (χ4n) is 2.85. The lowest BCUT2D eigenvalue weighted by Gasteiger charge is -2.11. The zero-order chi connectivity index (χ0) is 21.8. The standard InChI is InChI=1S/C23H17F5O2/c1-3-4-11-30-17-10-7-14-12-16(21(26)23(28)18(14)22(17)27)20(25)19(24)13-5-8-15(29-2)9-6-13/h3-10,12H,11H2,1-2H3. The Hall–Kier alpha value is -3.35. The number of hydrogen-bond donors (Lipinski definition) is 0. The lowest BCUT2D eigenvalue weighted by molar-refractivity contribution is 0.342. The van der Waals surface area contributed by atoms with Gasteiger partial charge in [-0.25, -0.2) is 22.0 Å². The van der Waals surface area contributed by atoms with E-state index in [2.05, 4.69) is 0 Å². The Labute approximate surface area is 169 Å². The molecule has 0 aliphatic rings. The third kappa shape index (κ3) is 4.01. The topological polar surface area (TPSA) is 18.5 Å². The van der Waals surface area contributed by atoms with Gasteiger partial charge in [0.2, 0.25) is 0 Å². The van der Waals surface area contributed by atoms with E-state index in [0.29, 0.717) is 5.75 Å². The van der Waals surface area contributed by atoms with Crippen molar-refractivity contribution in [2.75, 3.05) is 13.7 Å². The maximum Gasteiger partial charge on any atom is 0.175 e. The summed E-state index contributed by atoms with van der Waals surface area (Å²) in [4.78, 5) is 0. The Morgan fingerprint density at radius 1 is 0.900 bits per heavy atom. The fourth-order valence-corrected chi connectivity index (χ4v) is 2.85. The van der Waals surface area contributed by atoms with Gasteiger partial charge in [-0.3, -0.25) is 0 Å². The summed E-state index contributed by atoms with van der Waals surface area (Å²) >= 11 is 0. The van der Waals surface area contributed by atoms with Crippen LogP contribution in [0.5, 0.6) is 11.5 Å². The molecule has 0 atom stereocenters. The highest BCUT2D eigenvalue weighted by molar-refractivity contribution is 5.91. The summed E-state index contributed by atoms with van der Waals surface area (Å²) in [5, 5.41) is -0.843. The lowest BCUT2D eigenvalue weighted by atomic mass is 10.0. The summed E-state index contributed by atoms with van der Waals surface area (Å²) in [6.07, 6.45) is 3.28. The molecule has 0 saturated heterocycles. The molecule has 0 unspecified atom stereocenters. The van der Waals surface area contributed by atoms with E-state index in [1.807, 2.05) is 0 Å². The van der Waals surface area contributed by atoms with Crippen LogP contribution in [-0.2, 0) is 0 Å². The third-order valence-electron chi connectivity index (χ3n) is 4.43. The van der Waals surface area contributed by atoms with E-state index in [1.165, 1.54) is 43.5 Å². The molecule has 0 amide bonds. The molecule has 0 saturated carbocycles. The number of fused-ring (bicyclic) bond motifs is 1. The minimum atomic E-state index is -1.70. The Morgan fingerprint density at radius 2 is 1.60 bits per heavy atom. The first kappa shape index (κ1) is 21.4. The summed E-state index contributed by atoms with van der Waals surface area (Å²) in [6, 6.07) is 8.56. The molecule has 3 aromatic carbocycles. The molecule has 0 aromatic heterocycles. The molecule has 2 nitrogen and oxygen atoms in total. The van der Waals surface area contributed by atoms with Crippen molar-refractivity contribution in [3.05, 3.63) is 83.2 Å². The van der Waals surface area contributed by atoms with Crippen LogP contribution in [0.2, 0.25) is 0 Å². The van der Waals surface area contributed by atoms with Gasteiger partial charge >= 0.3 is 0 Å². The number of halogens is 5. The minimum Gasteiger partial charge on any atom is -0.497 e. The Bertz CT molecular complexity index is 1130. The predicted molar refractivity (Wildman–Crippen MR) is 106 cm³/mol. The van der Waals surface area contributed by atoms with Crippen LogP contribution in [0.25, 0.3) is 22.4 Å². The summed E-state index contributed by atoms with van der Waals surface area (Å²) in [6.45, 7) is 1.77. The first-order valence-electron chi connectivity index (χ1n) is 8.93. The molecule has 0 heterocycles. The van der Waals surface area contributed by atoms with Crippen molar-refractivity contribution < 1.29 is 31.4 Å².